The molecule has 2 rings (SSSR count). The van der Waals surface area contributed by atoms with Crippen molar-refractivity contribution in [3.05, 3.63) is 34.9 Å². The molecule has 1 aromatic carbocycles. The first-order valence-electron chi connectivity index (χ1n) is 8.35. The Morgan fingerprint density at radius 1 is 1.35 bits per heavy atom. The number of amides is 2. The average Bonchev–Trinajstić information content (AvgIpc) is 3.04. The summed E-state index contributed by atoms with van der Waals surface area (Å²) in [4.78, 5) is 26.4. The average molecular weight is 337 g/mol. The van der Waals surface area contributed by atoms with Crippen LogP contribution in [-0.2, 0) is 16.1 Å². The minimum atomic E-state index is -0.484. The molecular weight excluding hydrogens is 312 g/mol. The molecule has 0 spiro atoms. The standard InChI is InChI=1S/C18H25ClN2O2/c1-3-17(22)21(12-14-7-6-8-15(19)11-14)13(2)18(23)20-16-9-4-5-10-16/h6-8,11,13,16H,3-5,9-10,12H2,1-2H3,(H,20,23)/t13-/m1/s1. The van der Waals surface area contributed by atoms with Crippen LogP contribution in [-0.4, -0.2) is 28.8 Å². The molecule has 0 saturated heterocycles. The van der Waals surface area contributed by atoms with Gasteiger partial charge >= 0.3 is 0 Å². The van der Waals surface area contributed by atoms with E-state index in [9.17, 15) is 9.59 Å². The fraction of sp³-hybridized carbons (Fsp3) is 0.556. The van der Waals surface area contributed by atoms with Crippen molar-refractivity contribution < 1.29 is 9.59 Å². The second-order valence-corrected chi connectivity index (χ2v) is 6.61. The Labute approximate surface area is 143 Å². The van der Waals surface area contributed by atoms with Gasteiger partial charge < -0.3 is 10.2 Å². The zero-order valence-electron chi connectivity index (χ0n) is 13.8. The number of nitrogens with one attached hydrogen (secondary N) is 1. The van der Waals surface area contributed by atoms with Crippen LogP contribution in [0.3, 0.4) is 0 Å². The van der Waals surface area contributed by atoms with Crippen molar-refractivity contribution in [2.45, 2.75) is 64.6 Å². The number of carbonyl (C=O) groups excluding carboxylic acids is 2. The fourth-order valence-electron chi connectivity index (χ4n) is 3.01. The van der Waals surface area contributed by atoms with Crippen molar-refractivity contribution >= 4 is 23.4 Å². The molecule has 2 amide bonds. The van der Waals surface area contributed by atoms with Gasteiger partial charge in [-0.3, -0.25) is 9.59 Å². The first-order valence-corrected chi connectivity index (χ1v) is 8.73. The third-order valence-corrected chi connectivity index (χ3v) is 4.65. The molecule has 0 aromatic heterocycles. The molecular formula is C18H25ClN2O2. The molecule has 0 heterocycles. The quantitative estimate of drug-likeness (QED) is 0.864. The van der Waals surface area contributed by atoms with E-state index in [0.29, 0.717) is 18.0 Å². The number of rotatable bonds is 6. The van der Waals surface area contributed by atoms with Gasteiger partial charge in [0.1, 0.15) is 6.04 Å². The highest BCUT2D eigenvalue weighted by Crippen LogP contribution is 2.19. The van der Waals surface area contributed by atoms with E-state index in [1.807, 2.05) is 25.1 Å². The van der Waals surface area contributed by atoms with Crippen molar-refractivity contribution in [1.82, 2.24) is 10.2 Å². The summed E-state index contributed by atoms with van der Waals surface area (Å²) in [5.74, 6) is -0.0974. The summed E-state index contributed by atoms with van der Waals surface area (Å²) in [6.45, 7) is 4.00. The van der Waals surface area contributed by atoms with Crippen molar-refractivity contribution in [1.29, 1.82) is 0 Å². The summed E-state index contributed by atoms with van der Waals surface area (Å²) >= 11 is 6.01. The molecule has 126 valence electrons. The third-order valence-electron chi connectivity index (χ3n) is 4.41. The van der Waals surface area contributed by atoms with Crippen molar-refractivity contribution in [3.63, 3.8) is 0 Å². The Balaban J connectivity index is 2.06. The van der Waals surface area contributed by atoms with Crippen LogP contribution in [0.4, 0.5) is 0 Å². The first kappa shape index (κ1) is 17.8. The van der Waals surface area contributed by atoms with E-state index in [0.717, 1.165) is 18.4 Å². The number of hydrogen-bond donors (Lipinski definition) is 1. The van der Waals surface area contributed by atoms with Crippen LogP contribution in [0.15, 0.2) is 24.3 Å². The monoisotopic (exact) mass is 336 g/mol. The van der Waals surface area contributed by atoms with Crippen molar-refractivity contribution in [3.8, 4) is 0 Å². The molecule has 1 aliphatic carbocycles. The zero-order chi connectivity index (χ0) is 16.8. The predicted molar refractivity (Wildman–Crippen MR) is 92.2 cm³/mol. The summed E-state index contributed by atoms with van der Waals surface area (Å²) in [6, 6.07) is 7.18. The van der Waals surface area contributed by atoms with Gasteiger partial charge in [-0.05, 0) is 37.5 Å². The van der Waals surface area contributed by atoms with Crippen molar-refractivity contribution in [2.24, 2.45) is 0 Å². The maximum atomic E-state index is 12.5. The van der Waals surface area contributed by atoms with Gasteiger partial charge in [0.25, 0.3) is 0 Å². The highest BCUT2D eigenvalue weighted by Gasteiger charge is 2.27. The maximum Gasteiger partial charge on any atom is 0.242 e. The minimum absolute atomic E-state index is 0.0287. The minimum Gasteiger partial charge on any atom is -0.352 e. The molecule has 0 aliphatic heterocycles. The lowest BCUT2D eigenvalue weighted by Crippen LogP contribution is -2.49. The molecule has 1 fully saturated rings. The summed E-state index contributed by atoms with van der Waals surface area (Å²) in [6.07, 6.45) is 4.78. The fourth-order valence-corrected chi connectivity index (χ4v) is 3.22. The first-order chi connectivity index (χ1) is 11.0. The lowest BCUT2D eigenvalue weighted by molar-refractivity contribution is -0.140. The van der Waals surface area contributed by atoms with Gasteiger partial charge in [0.15, 0.2) is 0 Å². The van der Waals surface area contributed by atoms with Gasteiger partial charge in [0, 0.05) is 24.0 Å². The van der Waals surface area contributed by atoms with E-state index in [4.69, 9.17) is 11.6 Å². The van der Waals surface area contributed by atoms with E-state index >= 15 is 0 Å². The Bertz CT molecular complexity index is 556. The van der Waals surface area contributed by atoms with E-state index in [2.05, 4.69) is 5.32 Å². The van der Waals surface area contributed by atoms with E-state index in [1.165, 1.54) is 12.8 Å². The molecule has 5 heteroatoms. The Morgan fingerprint density at radius 2 is 2.04 bits per heavy atom. The second-order valence-electron chi connectivity index (χ2n) is 6.17. The molecule has 0 unspecified atom stereocenters. The molecule has 0 radical (unpaired) electrons. The largest absolute Gasteiger partial charge is 0.352 e. The molecule has 1 atom stereocenters. The van der Waals surface area contributed by atoms with E-state index in [-0.39, 0.29) is 17.9 Å². The van der Waals surface area contributed by atoms with Gasteiger partial charge in [0.2, 0.25) is 11.8 Å². The summed E-state index contributed by atoms with van der Waals surface area (Å²) in [7, 11) is 0. The lowest BCUT2D eigenvalue weighted by atomic mass is 10.1. The Hall–Kier alpha value is -1.55. The predicted octanol–water partition coefficient (Wildman–Crippen LogP) is 3.53. The number of carbonyl (C=O) groups is 2. The number of benzene rings is 1. The van der Waals surface area contributed by atoms with Crippen LogP contribution < -0.4 is 5.32 Å². The van der Waals surface area contributed by atoms with E-state index in [1.54, 1.807) is 17.9 Å². The molecule has 0 bridgehead atoms. The van der Waals surface area contributed by atoms with Crippen molar-refractivity contribution in [2.75, 3.05) is 0 Å². The lowest BCUT2D eigenvalue weighted by Gasteiger charge is -2.29. The van der Waals surface area contributed by atoms with Gasteiger partial charge in [-0.1, -0.05) is 43.5 Å². The Morgan fingerprint density at radius 3 is 2.65 bits per heavy atom. The summed E-state index contributed by atoms with van der Waals surface area (Å²) < 4.78 is 0. The third kappa shape index (κ3) is 4.96. The van der Waals surface area contributed by atoms with Crippen LogP contribution in [0.5, 0.6) is 0 Å². The van der Waals surface area contributed by atoms with Crippen LogP contribution in [0, 0.1) is 0 Å². The van der Waals surface area contributed by atoms with Gasteiger partial charge in [-0.15, -0.1) is 0 Å². The summed E-state index contributed by atoms with van der Waals surface area (Å²) in [5.41, 5.74) is 0.930. The normalized spacial score (nSPS) is 16.1. The van der Waals surface area contributed by atoms with Crippen LogP contribution in [0.25, 0.3) is 0 Å². The number of hydrogen-bond acceptors (Lipinski definition) is 2. The molecule has 1 N–H and O–H groups in total. The number of nitrogens with zero attached hydrogens (tertiary/aromatic N) is 1. The number of halogens is 1. The van der Waals surface area contributed by atoms with Crippen LogP contribution >= 0.6 is 11.6 Å². The molecule has 1 saturated carbocycles. The van der Waals surface area contributed by atoms with Crippen LogP contribution in [0.1, 0.15) is 51.5 Å². The highest BCUT2D eigenvalue weighted by molar-refractivity contribution is 6.30. The smallest absolute Gasteiger partial charge is 0.242 e. The van der Waals surface area contributed by atoms with Gasteiger partial charge in [-0.2, -0.15) is 0 Å². The second kappa shape index (κ2) is 8.34. The SMILES string of the molecule is CCC(=O)N(Cc1cccc(Cl)c1)[C@H](C)C(=O)NC1CCCC1. The Kier molecular flexibility index (Phi) is 6.46. The van der Waals surface area contributed by atoms with Crippen LogP contribution in [0.2, 0.25) is 5.02 Å². The maximum absolute atomic E-state index is 12.5. The molecule has 1 aromatic rings. The van der Waals surface area contributed by atoms with Gasteiger partial charge in [-0.25, -0.2) is 0 Å². The van der Waals surface area contributed by atoms with E-state index < -0.39 is 6.04 Å². The molecule has 1 aliphatic rings. The highest BCUT2D eigenvalue weighted by atomic mass is 35.5. The topological polar surface area (TPSA) is 49.4 Å². The zero-order valence-corrected chi connectivity index (χ0v) is 14.6. The molecule has 23 heavy (non-hydrogen) atoms. The summed E-state index contributed by atoms with van der Waals surface area (Å²) in [5, 5.41) is 3.71. The van der Waals surface area contributed by atoms with Gasteiger partial charge in [0.05, 0.1) is 0 Å². The molecule has 4 nitrogen and oxygen atoms in total.